The molecule has 31 heavy (non-hydrogen) atoms. The van der Waals surface area contributed by atoms with Crippen LogP contribution in [0.2, 0.25) is 0 Å². The van der Waals surface area contributed by atoms with Crippen LogP contribution in [-0.4, -0.2) is 6.61 Å². The molecule has 0 N–H and O–H groups in total. The van der Waals surface area contributed by atoms with Crippen LogP contribution in [0, 0.1) is 5.92 Å². The topological polar surface area (TPSA) is 9.23 Å². The Hall–Kier alpha value is -2.26. The molecule has 0 aliphatic heterocycles. The van der Waals surface area contributed by atoms with Gasteiger partial charge in [-0.1, -0.05) is 66.8 Å². The molecule has 0 amide bonds. The summed E-state index contributed by atoms with van der Waals surface area (Å²) in [5.74, 6) is 1.14. The molecule has 2 aromatic rings. The summed E-state index contributed by atoms with van der Waals surface area (Å²) in [5, 5.41) is 0. The third-order valence-electron chi connectivity index (χ3n) is 6.29. The van der Waals surface area contributed by atoms with Crippen molar-refractivity contribution in [2.75, 3.05) is 6.61 Å². The lowest BCUT2D eigenvalue weighted by Crippen LogP contribution is -2.20. The van der Waals surface area contributed by atoms with Crippen LogP contribution in [0.1, 0.15) is 67.2 Å². The summed E-state index contributed by atoms with van der Waals surface area (Å²) in [6.45, 7) is 5.77. The Kier molecular flexibility index (Phi) is 8.60. The third kappa shape index (κ3) is 6.87. The maximum absolute atomic E-state index is 14.5. The number of rotatable bonds is 10. The van der Waals surface area contributed by atoms with Gasteiger partial charge < -0.3 is 4.74 Å². The van der Waals surface area contributed by atoms with Gasteiger partial charge in [0, 0.05) is 0 Å². The standard InChI is InChI=1S/C28H34F2O/c1-3-5-7-23-8-10-24(11-9-23)20-21-31-28(29,30)27-18-16-26(17-19-27)25-14-12-22(6-4-2)13-15-25/h3-4,6,8-11,16-19,22,25H,1,5,7,12-15,20-21H2,2H3/b6-4+/t22-,25-. The van der Waals surface area contributed by atoms with E-state index in [1.807, 2.05) is 42.5 Å². The lowest BCUT2D eigenvalue weighted by atomic mass is 9.78. The summed E-state index contributed by atoms with van der Waals surface area (Å²) in [6.07, 6.45) is 9.97. The van der Waals surface area contributed by atoms with Crippen molar-refractivity contribution in [3.05, 3.63) is 95.6 Å². The maximum Gasteiger partial charge on any atom is 0.383 e. The van der Waals surface area contributed by atoms with E-state index in [2.05, 4.69) is 25.7 Å². The predicted octanol–water partition coefficient (Wildman–Crippen LogP) is 7.96. The third-order valence-corrected chi connectivity index (χ3v) is 6.29. The molecule has 0 unspecified atom stereocenters. The van der Waals surface area contributed by atoms with Gasteiger partial charge >= 0.3 is 6.11 Å². The first-order valence-corrected chi connectivity index (χ1v) is 11.5. The van der Waals surface area contributed by atoms with Crippen molar-refractivity contribution in [1.82, 2.24) is 0 Å². The van der Waals surface area contributed by atoms with Crippen molar-refractivity contribution in [3.63, 3.8) is 0 Å². The van der Waals surface area contributed by atoms with Crippen LogP contribution in [-0.2, 0) is 23.7 Å². The van der Waals surface area contributed by atoms with Gasteiger partial charge in [0.25, 0.3) is 0 Å². The number of halogens is 2. The van der Waals surface area contributed by atoms with Crippen LogP contribution in [0.3, 0.4) is 0 Å². The summed E-state index contributed by atoms with van der Waals surface area (Å²) in [7, 11) is 0. The van der Waals surface area contributed by atoms with Gasteiger partial charge in [0.15, 0.2) is 0 Å². The molecule has 0 bridgehead atoms. The highest BCUT2D eigenvalue weighted by Crippen LogP contribution is 2.37. The van der Waals surface area contributed by atoms with Gasteiger partial charge in [0.05, 0.1) is 12.2 Å². The molecule has 0 radical (unpaired) electrons. The molecule has 1 saturated carbocycles. The highest BCUT2D eigenvalue weighted by Gasteiger charge is 2.33. The van der Waals surface area contributed by atoms with Gasteiger partial charge in [-0.25, -0.2) is 0 Å². The van der Waals surface area contributed by atoms with E-state index in [1.165, 1.54) is 30.5 Å². The molecule has 1 aliphatic rings. The molecule has 1 nitrogen and oxygen atoms in total. The Morgan fingerprint density at radius 2 is 1.55 bits per heavy atom. The van der Waals surface area contributed by atoms with Crippen LogP contribution in [0.5, 0.6) is 0 Å². The van der Waals surface area contributed by atoms with Gasteiger partial charge in [0.1, 0.15) is 0 Å². The summed E-state index contributed by atoms with van der Waals surface area (Å²) in [6, 6.07) is 14.8. The maximum atomic E-state index is 14.5. The average Bonchev–Trinajstić information content (AvgIpc) is 2.79. The molecule has 1 fully saturated rings. The largest absolute Gasteiger partial charge is 0.383 e. The van der Waals surface area contributed by atoms with Gasteiger partial charge in [-0.3, -0.25) is 0 Å². The van der Waals surface area contributed by atoms with E-state index in [4.69, 9.17) is 4.74 Å². The molecule has 0 aromatic heterocycles. The highest BCUT2D eigenvalue weighted by molar-refractivity contribution is 5.28. The van der Waals surface area contributed by atoms with Crippen LogP contribution in [0.4, 0.5) is 8.78 Å². The summed E-state index contributed by atoms with van der Waals surface area (Å²) in [4.78, 5) is 0. The number of aryl methyl sites for hydroxylation is 1. The summed E-state index contributed by atoms with van der Waals surface area (Å²) >= 11 is 0. The Morgan fingerprint density at radius 1 is 0.935 bits per heavy atom. The Bertz CT molecular complexity index is 828. The number of hydrogen-bond acceptors (Lipinski definition) is 1. The zero-order valence-corrected chi connectivity index (χ0v) is 18.5. The molecule has 0 atom stereocenters. The number of allylic oxidation sites excluding steroid dienone is 3. The molecular formula is C28H34F2O. The van der Waals surface area contributed by atoms with Crippen molar-refractivity contribution in [1.29, 1.82) is 0 Å². The monoisotopic (exact) mass is 424 g/mol. The van der Waals surface area contributed by atoms with Crippen molar-refractivity contribution in [2.24, 2.45) is 5.92 Å². The van der Waals surface area contributed by atoms with Gasteiger partial charge in [-0.05, 0) is 80.4 Å². The van der Waals surface area contributed by atoms with Crippen molar-refractivity contribution >= 4 is 0 Å². The first kappa shape index (κ1) is 23.4. The highest BCUT2D eigenvalue weighted by atomic mass is 19.3. The number of benzene rings is 2. The molecule has 3 heteroatoms. The van der Waals surface area contributed by atoms with Crippen LogP contribution >= 0.6 is 0 Å². The van der Waals surface area contributed by atoms with E-state index in [0.29, 0.717) is 18.3 Å². The van der Waals surface area contributed by atoms with Gasteiger partial charge in [-0.15, -0.1) is 6.58 Å². The fourth-order valence-electron chi connectivity index (χ4n) is 4.39. The fourth-order valence-corrected chi connectivity index (χ4v) is 4.39. The van der Waals surface area contributed by atoms with Gasteiger partial charge in [-0.2, -0.15) is 8.78 Å². The minimum Gasteiger partial charge on any atom is -0.316 e. The first-order valence-electron chi connectivity index (χ1n) is 11.5. The smallest absolute Gasteiger partial charge is 0.316 e. The molecule has 0 heterocycles. The average molecular weight is 425 g/mol. The Balaban J connectivity index is 1.49. The van der Waals surface area contributed by atoms with E-state index in [1.54, 1.807) is 0 Å². The fraction of sp³-hybridized carbons (Fsp3) is 0.429. The second-order valence-corrected chi connectivity index (χ2v) is 8.52. The molecule has 3 rings (SSSR count). The normalized spacial score (nSPS) is 19.6. The van der Waals surface area contributed by atoms with Crippen LogP contribution in [0.15, 0.2) is 73.3 Å². The molecule has 1 aliphatic carbocycles. The van der Waals surface area contributed by atoms with Crippen molar-refractivity contribution in [2.45, 2.75) is 63.9 Å². The van der Waals surface area contributed by atoms with Crippen molar-refractivity contribution in [3.8, 4) is 0 Å². The van der Waals surface area contributed by atoms with Crippen LogP contribution < -0.4 is 0 Å². The van der Waals surface area contributed by atoms with E-state index in [-0.39, 0.29) is 12.2 Å². The number of alkyl halides is 2. The molecule has 2 aromatic carbocycles. The quantitative estimate of drug-likeness (QED) is 0.351. The van der Waals surface area contributed by atoms with Crippen LogP contribution in [0.25, 0.3) is 0 Å². The van der Waals surface area contributed by atoms with E-state index in [9.17, 15) is 8.78 Å². The Labute approximate surface area is 185 Å². The lowest BCUT2D eigenvalue weighted by molar-refractivity contribution is -0.248. The number of ether oxygens (including phenoxy) is 1. The second kappa shape index (κ2) is 11.4. The zero-order valence-electron chi connectivity index (χ0n) is 18.5. The SMILES string of the molecule is C=CCCc1ccc(CCOC(F)(F)c2ccc([C@H]3CC[C@H](/C=C/C)CC3)cc2)cc1. The molecule has 0 spiro atoms. The zero-order chi connectivity index (χ0) is 22.1. The summed E-state index contributed by atoms with van der Waals surface area (Å²) < 4.78 is 34.1. The van der Waals surface area contributed by atoms with Crippen molar-refractivity contribution < 1.29 is 13.5 Å². The number of hydrogen-bond donors (Lipinski definition) is 0. The molecular weight excluding hydrogens is 390 g/mol. The van der Waals surface area contributed by atoms with E-state index >= 15 is 0 Å². The predicted molar refractivity (Wildman–Crippen MR) is 124 cm³/mol. The van der Waals surface area contributed by atoms with E-state index < -0.39 is 6.11 Å². The lowest BCUT2D eigenvalue weighted by Gasteiger charge is -2.27. The minimum absolute atomic E-state index is 0.0181. The van der Waals surface area contributed by atoms with Gasteiger partial charge in [0.2, 0.25) is 0 Å². The Morgan fingerprint density at radius 3 is 2.13 bits per heavy atom. The second-order valence-electron chi connectivity index (χ2n) is 8.52. The van der Waals surface area contributed by atoms with E-state index in [0.717, 1.165) is 36.8 Å². The molecule has 0 saturated heterocycles. The molecule has 166 valence electrons. The minimum atomic E-state index is -3.27. The summed E-state index contributed by atoms with van der Waals surface area (Å²) in [5.41, 5.74) is 3.32. The first-order chi connectivity index (χ1) is 15.0.